The SMILES string of the molecule is Cc1ccc(C(=O)N2CCC[C@H]3CCCC[C@@H]32)c(C2CCN(C(=O)Nc3cccc(Cl)c3)CC2)n1. The normalized spacial score (nSPS) is 23.0. The number of anilines is 1. The van der Waals surface area contributed by atoms with Crippen molar-refractivity contribution in [2.75, 3.05) is 25.0 Å². The molecule has 186 valence electrons. The second-order valence-electron chi connectivity index (χ2n) is 10.3. The molecule has 1 aromatic carbocycles. The van der Waals surface area contributed by atoms with Gasteiger partial charge in [0.1, 0.15) is 0 Å². The largest absolute Gasteiger partial charge is 0.335 e. The van der Waals surface area contributed by atoms with Crippen molar-refractivity contribution >= 4 is 29.2 Å². The van der Waals surface area contributed by atoms with Gasteiger partial charge in [0.15, 0.2) is 0 Å². The summed E-state index contributed by atoms with van der Waals surface area (Å²) in [6.07, 6.45) is 8.85. The van der Waals surface area contributed by atoms with Gasteiger partial charge in [0, 0.05) is 48.0 Å². The predicted octanol–water partition coefficient (Wildman–Crippen LogP) is 6.25. The number of halogens is 1. The lowest BCUT2D eigenvalue weighted by atomic mass is 9.78. The quantitative estimate of drug-likeness (QED) is 0.548. The first-order valence-electron chi connectivity index (χ1n) is 13.1. The average molecular weight is 495 g/mol. The van der Waals surface area contributed by atoms with Gasteiger partial charge in [-0.2, -0.15) is 0 Å². The van der Waals surface area contributed by atoms with Crippen molar-refractivity contribution in [1.82, 2.24) is 14.8 Å². The molecule has 3 aliphatic rings. The van der Waals surface area contributed by atoms with Crippen LogP contribution in [0, 0.1) is 12.8 Å². The number of aromatic nitrogens is 1. The van der Waals surface area contributed by atoms with E-state index < -0.39 is 0 Å². The number of likely N-dealkylation sites (tertiary alicyclic amines) is 2. The average Bonchev–Trinajstić information content (AvgIpc) is 2.88. The Morgan fingerprint density at radius 1 is 0.971 bits per heavy atom. The first-order valence-corrected chi connectivity index (χ1v) is 13.5. The van der Waals surface area contributed by atoms with Crippen molar-refractivity contribution < 1.29 is 9.59 Å². The molecule has 3 amide bonds. The maximum Gasteiger partial charge on any atom is 0.321 e. The summed E-state index contributed by atoms with van der Waals surface area (Å²) in [6, 6.07) is 11.4. The Kier molecular flexibility index (Phi) is 7.28. The zero-order valence-corrected chi connectivity index (χ0v) is 21.3. The molecule has 2 aliphatic heterocycles. The highest BCUT2D eigenvalue weighted by Gasteiger charge is 2.37. The number of aryl methyl sites for hydroxylation is 1. The van der Waals surface area contributed by atoms with Crippen LogP contribution in [-0.4, -0.2) is 52.4 Å². The molecular formula is C28H35ClN4O2. The summed E-state index contributed by atoms with van der Waals surface area (Å²) >= 11 is 6.05. The summed E-state index contributed by atoms with van der Waals surface area (Å²) in [5.41, 5.74) is 3.32. The number of benzene rings is 1. The van der Waals surface area contributed by atoms with Crippen LogP contribution in [0.15, 0.2) is 36.4 Å². The molecule has 0 spiro atoms. The zero-order chi connectivity index (χ0) is 24.4. The van der Waals surface area contributed by atoms with Crippen molar-refractivity contribution in [2.45, 2.75) is 70.3 Å². The number of carbonyl (C=O) groups excluding carboxylic acids is 2. The molecule has 7 heteroatoms. The lowest BCUT2D eigenvalue weighted by Gasteiger charge is -2.44. The van der Waals surface area contributed by atoms with E-state index in [0.717, 1.165) is 49.2 Å². The maximum atomic E-state index is 13.8. The molecule has 1 saturated carbocycles. The Balaban J connectivity index is 1.28. The lowest BCUT2D eigenvalue weighted by Crippen LogP contribution is -2.50. The Bertz CT molecular complexity index is 1080. The van der Waals surface area contributed by atoms with Gasteiger partial charge >= 0.3 is 6.03 Å². The summed E-state index contributed by atoms with van der Waals surface area (Å²) in [5.74, 6) is 0.991. The van der Waals surface area contributed by atoms with E-state index in [1.165, 1.54) is 25.7 Å². The molecule has 1 aromatic heterocycles. The highest BCUT2D eigenvalue weighted by Crippen LogP contribution is 2.37. The van der Waals surface area contributed by atoms with Crippen LogP contribution in [0.5, 0.6) is 0 Å². The van der Waals surface area contributed by atoms with E-state index in [2.05, 4.69) is 10.2 Å². The number of nitrogens with zero attached hydrogens (tertiary/aromatic N) is 3. The molecule has 2 atom stereocenters. The van der Waals surface area contributed by atoms with Crippen molar-refractivity contribution in [3.05, 3.63) is 58.4 Å². The van der Waals surface area contributed by atoms with Gasteiger partial charge in [0.05, 0.1) is 11.3 Å². The Morgan fingerprint density at radius 3 is 2.54 bits per heavy atom. The standard InChI is InChI=1S/C28H35ClN4O2/c1-19-11-12-24(27(34)33-15-5-7-20-6-2-3-10-25(20)33)26(30-19)21-13-16-32(17-14-21)28(35)31-23-9-4-8-22(29)18-23/h4,8-9,11-12,18,20-21,25H,2-3,5-7,10,13-17H2,1H3,(H,31,35)/t20-,25+/m1/s1. The summed E-state index contributed by atoms with van der Waals surface area (Å²) in [7, 11) is 0. The van der Waals surface area contributed by atoms with Crippen molar-refractivity contribution in [1.29, 1.82) is 0 Å². The van der Waals surface area contributed by atoms with Crippen LogP contribution in [0.4, 0.5) is 10.5 Å². The van der Waals surface area contributed by atoms with Crippen LogP contribution in [-0.2, 0) is 0 Å². The van der Waals surface area contributed by atoms with E-state index in [9.17, 15) is 9.59 Å². The van der Waals surface area contributed by atoms with Crippen LogP contribution < -0.4 is 5.32 Å². The minimum absolute atomic E-state index is 0.115. The number of pyridine rings is 1. The van der Waals surface area contributed by atoms with Crippen LogP contribution in [0.1, 0.15) is 79.0 Å². The fourth-order valence-electron chi connectivity index (χ4n) is 6.23. The topological polar surface area (TPSA) is 65.5 Å². The first-order chi connectivity index (χ1) is 17.0. The third-order valence-electron chi connectivity index (χ3n) is 8.04. The van der Waals surface area contributed by atoms with Gasteiger partial charge in [-0.15, -0.1) is 0 Å². The summed E-state index contributed by atoms with van der Waals surface area (Å²) < 4.78 is 0. The van der Waals surface area contributed by atoms with Gasteiger partial charge in [-0.05, 0) is 81.7 Å². The molecule has 3 fully saturated rings. The van der Waals surface area contributed by atoms with E-state index in [1.54, 1.807) is 12.1 Å². The molecule has 3 heterocycles. The molecule has 5 rings (SSSR count). The van der Waals surface area contributed by atoms with E-state index in [0.29, 0.717) is 35.8 Å². The van der Waals surface area contributed by atoms with Gasteiger partial charge in [-0.3, -0.25) is 9.78 Å². The van der Waals surface area contributed by atoms with Gasteiger partial charge in [-0.1, -0.05) is 30.5 Å². The fraction of sp³-hybridized carbons (Fsp3) is 0.536. The van der Waals surface area contributed by atoms with Gasteiger partial charge in [-0.25, -0.2) is 4.79 Å². The number of nitrogens with one attached hydrogen (secondary N) is 1. The van der Waals surface area contributed by atoms with E-state index in [1.807, 2.05) is 36.1 Å². The third-order valence-corrected chi connectivity index (χ3v) is 8.28. The summed E-state index contributed by atoms with van der Waals surface area (Å²) in [5, 5.41) is 3.54. The van der Waals surface area contributed by atoms with Crippen molar-refractivity contribution in [3.8, 4) is 0 Å². The molecule has 1 N–H and O–H groups in total. The molecule has 0 unspecified atom stereocenters. The van der Waals surface area contributed by atoms with Crippen LogP contribution >= 0.6 is 11.6 Å². The minimum atomic E-state index is -0.115. The first kappa shape index (κ1) is 24.1. The predicted molar refractivity (Wildman–Crippen MR) is 139 cm³/mol. The molecule has 35 heavy (non-hydrogen) atoms. The molecule has 0 radical (unpaired) electrons. The third kappa shape index (κ3) is 5.32. The van der Waals surface area contributed by atoms with Gasteiger partial charge in [0.25, 0.3) is 5.91 Å². The molecule has 1 aliphatic carbocycles. The fourth-order valence-corrected chi connectivity index (χ4v) is 6.42. The van der Waals surface area contributed by atoms with Crippen molar-refractivity contribution in [2.24, 2.45) is 5.92 Å². The number of hydrogen-bond acceptors (Lipinski definition) is 3. The van der Waals surface area contributed by atoms with E-state index >= 15 is 0 Å². The maximum absolute atomic E-state index is 13.8. The van der Waals surface area contributed by atoms with Crippen LogP contribution in [0.2, 0.25) is 5.02 Å². The van der Waals surface area contributed by atoms with Gasteiger partial charge in [0.2, 0.25) is 0 Å². The van der Waals surface area contributed by atoms with Gasteiger partial charge < -0.3 is 15.1 Å². The lowest BCUT2D eigenvalue weighted by molar-refractivity contribution is 0.0388. The molecular weight excluding hydrogens is 460 g/mol. The highest BCUT2D eigenvalue weighted by molar-refractivity contribution is 6.30. The Hall–Kier alpha value is -2.60. The Labute approximate surface area is 213 Å². The highest BCUT2D eigenvalue weighted by atomic mass is 35.5. The van der Waals surface area contributed by atoms with Crippen molar-refractivity contribution in [3.63, 3.8) is 0 Å². The number of hydrogen-bond donors (Lipinski definition) is 1. The Morgan fingerprint density at radius 2 is 1.74 bits per heavy atom. The number of urea groups is 1. The smallest absolute Gasteiger partial charge is 0.321 e. The molecule has 6 nitrogen and oxygen atoms in total. The molecule has 2 aromatic rings. The van der Waals surface area contributed by atoms with Crippen LogP contribution in [0.25, 0.3) is 0 Å². The number of rotatable bonds is 3. The number of piperidine rings is 2. The number of carbonyl (C=O) groups is 2. The van der Waals surface area contributed by atoms with E-state index in [-0.39, 0.29) is 17.9 Å². The zero-order valence-electron chi connectivity index (χ0n) is 20.5. The second-order valence-corrected chi connectivity index (χ2v) is 10.8. The minimum Gasteiger partial charge on any atom is -0.335 e. The monoisotopic (exact) mass is 494 g/mol. The summed E-state index contributed by atoms with van der Waals surface area (Å²) in [4.78, 5) is 35.5. The van der Waals surface area contributed by atoms with E-state index in [4.69, 9.17) is 16.6 Å². The summed E-state index contributed by atoms with van der Waals surface area (Å²) in [6.45, 7) is 4.11. The number of amides is 3. The second kappa shape index (κ2) is 10.6. The molecule has 0 bridgehead atoms. The van der Waals surface area contributed by atoms with Crippen LogP contribution in [0.3, 0.4) is 0 Å². The number of fused-ring (bicyclic) bond motifs is 1. The molecule has 2 saturated heterocycles.